The fourth-order valence-electron chi connectivity index (χ4n) is 2.95. The second-order valence-electron chi connectivity index (χ2n) is 6.55. The predicted molar refractivity (Wildman–Crippen MR) is 114 cm³/mol. The molecule has 0 aromatic heterocycles. The van der Waals surface area contributed by atoms with Crippen molar-refractivity contribution in [3.8, 4) is 5.75 Å². The van der Waals surface area contributed by atoms with Crippen LogP contribution in [0.1, 0.15) is 27.5 Å². The maximum atomic E-state index is 12.9. The van der Waals surface area contributed by atoms with Gasteiger partial charge in [-0.15, -0.1) is 0 Å². The largest absolute Gasteiger partial charge is 0.497 e. The number of methoxy groups -OCH3 is 1. The Labute approximate surface area is 170 Å². The highest BCUT2D eigenvalue weighted by Crippen LogP contribution is 2.25. The van der Waals surface area contributed by atoms with Crippen molar-refractivity contribution in [1.82, 2.24) is 5.32 Å². The maximum Gasteiger partial charge on any atom is 0.252 e. The minimum atomic E-state index is -3.43. The Hall–Kier alpha value is -3.32. The van der Waals surface area contributed by atoms with Crippen molar-refractivity contribution in [1.29, 1.82) is 0 Å². The van der Waals surface area contributed by atoms with Crippen molar-refractivity contribution < 1.29 is 17.9 Å². The Morgan fingerprint density at radius 3 is 2.17 bits per heavy atom. The molecule has 1 amide bonds. The molecule has 0 saturated heterocycles. The van der Waals surface area contributed by atoms with E-state index in [1.807, 2.05) is 54.6 Å². The number of hydrogen-bond acceptors (Lipinski definition) is 4. The lowest BCUT2D eigenvalue weighted by Crippen LogP contribution is -2.29. The highest BCUT2D eigenvalue weighted by molar-refractivity contribution is 7.92. The normalized spacial score (nSPS) is 12.1. The van der Waals surface area contributed by atoms with Gasteiger partial charge in [0.15, 0.2) is 0 Å². The number of rotatable bonds is 7. The Kier molecular flexibility index (Phi) is 6.19. The van der Waals surface area contributed by atoms with E-state index in [2.05, 4.69) is 10.0 Å². The van der Waals surface area contributed by atoms with Crippen molar-refractivity contribution in [3.63, 3.8) is 0 Å². The number of amides is 1. The van der Waals surface area contributed by atoms with E-state index in [0.717, 1.165) is 23.1 Å². The second-order valence-corrected chi connectivity index (χ2v) is 8.29. The number of ether oxygens (including phenoxy) is 1. The molecule has 0 aliphatic carbocycles. The first-order valence-electron chi connectivity index (χ1n) is 8.93. The third-order valence-electron chi connectivity index (χ3n) is 4.29. The molecule has 29 heavy (non-hydrogen) atoms. The number of carbonyl (C=O) groups excluding carboxylic acids is 1. The Bertz CT molecular complexity index is 1080. The lowest BCUT2D eigenvalue weighted by molar-refractivity contribution is 0.0943. The van der Waals surface area contributed by atoms with Crippen molar-refractivity contribution in [2.24, 2.45) is 0 Å². The van der Waals surface area contributed by atoms with E-state index in [4.69, 9.17) is 4.74 Å². The molecule has 3 aromatic rings. The summed E-state index contributed by atoms with van der Waals surface area (Å²) >= 11 is 0. The monoisotopic (exact) mass is 410 g/mol. The summed E-state index contributed by atoms with van der Waals surface area (Å²) in [5, 5.41) is 3.04. The van der Waals surface area contributed by atoms with Gasteiger partial charge in [-0.3, -0.25) is 9.52 Å². The Morgan fingerprint density at radius 2 is 1.55 bits per heavy atom. The summed E-state index contributed by atoms with van der Waals surface area (Å²) < 4.78 is 30.5. The molecule has 1 atom stereocenters. The second kappa shape index (κ2) is 8.79. The molecule has 0 heterocycles. The number of anilines is 1. The van der Waals surface area contributed by atoms with E-state index >= 15 is 0 Å². The topological polar surface area (TPSA) is 84.5 Å². The summed E-state index contributed by atoms with van der Waals surface area (Å²) in [6, 6.07) is 23.1. The molecule has 2 N–H and O–H groups in total. The van der Waals surface area contributed by atoms with E-state index in [9.17, 15) is 13.2 Å². The van der Waals surface area contributed by atoms with Crippen LogP contribution < -0.4 is 14.8 Å². The van der Waals surface area contributed by atoms with E-state index < -0.39 is 10.0 Å². The molecule has 0 saturated carbocycles. The summed E-state index contributed by atoms with van der Waals surface area (Å²) in [6.07, 6.45) is 1.06. The van der Waals surface area contributed by atoms with Gasteiger partial charge in [-0.05, 0) is 41.5 Å². The molecule has 7 heteroatoms. The fraction of sp³-hybridized carbons (Fsp3) is 0.136. The Balaban J connectivity index is 1.89. The van der Waals surface area contributed by atoms with E-state index in [-0.39, 0.29) is 11.9 Å². The number of benzene rings is 3. The SMILES string of the molecule is COc1ccc(C(NC(=O)c2cccc(NS(C)(=O)=O)c2)c2ccccc2)cc1. The number of carbonyl (C=O) groups is 1. The number of hydrogen-bond donors (Lipinski definition) is 2. The molecular formula is C22H22N2O4S. The lowest BCUT2D eigenvalue weighted by atomic mass is 9.98. The smallest absolute Gasteiger partial charge is 0.252 e. The van der Waals surface area contributed by atoms with Gasteiger partial charge in [0.05, 0.1) is 19.4 Å². The molecule has 0 radical (unpaired) electrons. The quantitative estimate of drug-likeness (QED) is 0.623. The first-order chi connectivity index (χ1) is 13.9. The van der Waals surface area contributed by atoms with Crippen LogP contribution in [0.4, 0.5) is 5.69 Å². The summed E-state index contributed by atoms with van der Waals surface area (Å²) in [7, 11) is -1.83. The molecule has 0 bridgehead atoms. The molecule has 3 rings (SSSR count). The summed E-state index contributed by atoms with van der Waals surface area (Å²) in [5.41, 5.74) is 2.51. The molecule has 1 unspecified atom stereocenters. The Morgan fingerprint density at radius 1 is 0.897 bits per heavy atom. The lowest BCUT2D eigenvalue weighted by Gasteiger charge is -2.20. The molecular weight excluding hydrogens is 388 g/mol. The molecule has 3 aromatic carbocycles. The van der Waals surface area contributed by atoms with Crippen LogP contribution in [0.2, 0.25) is 0 Å². The summed E-state index contributed by atoms with van der Waals surface area (Å²) in [4.78, 5) is 12.9. The van der Waals surface area contributed by atoms with Crippen LogP contribution in [0.25, 0.3) is 0 Å². The number of nitrogens with one attached hydrogen (secondary N) is 2. The van der Waals surface area contributed by atoms with Gasteiger partial charge in [0.1, 0.15) is 5.75 Å². The highest BCUT2D eigenvalue weighted by atomic mass is 32.2. The van der Waals surface area contributed by atoms with Crippen molar-refractivity contribution in [2.75, 3.05) is 18.1 Å². The molecule has 0 aliphatic rings. The average molecular weight is 410 g/mol. The van der Waals surface area contributed by atoms with Crippen LogP contribution in [0.15, 0.2) is 78.9 Å². The van der Waals surface area contributed by atoms with Crippen LogP contribution in [0, 0.1) is 0 Å². The minimum Gasteiger partial charge on any atom is -0.497 e. The van der Waals surface area contributed by atoms with E-state index in [1.54, 1.807) is 25.3 Å². The number of sulfonamides is 1. The van der Waals surface area contributed by atoms with Crippen LogP contribution in [0.3, 0.4) is 0 Å². The zero-order chi connectivity index (χ0) is 20.9. The first-order valence-corrected chi connectivity index (χ1v) is 10.8. The van der Waals surface area contributed by atoms with Gasteiger partial charge < -0.3 is 10.1 Å². The van der Waals surface area contributed by atoms with Crippen molar-refractivity contribution in [3.05, 3.63) is 95.6 Å². The first kappa shape index (κ1) is 20.4. The maximum absolute atomic E-state index is 12.9. The van der Waals surface area contributed by atoms with Crippen molar-refractivity contribution in [2.45, 2.75) is 6.04 Å². The van der Waals surface area contributed by atoms with E-state index in [1.165, 1.54) is 6.07 Å². The van der Waals surface area contributed by atoms with Crippen molar-refractivity contribution >= 4 is 21.6 Å². The standard InChI is InChI=1S/C22H22N2O4S/c1-28-20-13-11-17(12-14-20)21(16-7-4-3-5-8-16)23-22(25)18-9-6-10-19(15-18)24-29(2,26)27/h3-15,21,24H,1-2H3,(H,23,25). The zero-order valence-electron chi connectivity index (χ0n) is 16.1. The molecule has 6 nitrogen and oxygen atoms in total. The van der Waals surface area contributed by atoms with Gasteiger partial charge in [-0.25, -0.2) is 8.42 Å². The van der Waals surface area contributed by atoms with Gasteiger partial charge in [-0.2, -0.15) is 0 Å². The molecule has 0 spiro atoms. The van der Waals surface area contributed by atoms with Gasteiger partial charge in [0.25, 0.3) is 5.91 Å². The van der Waals surface area contributed by atoms with Crippen LogP contribution >= 0.6 is 0 Å². The van der Waals surface area contributed by atoms with E-state index in [0.29, 0.717) is 11.3 Å². The third kappa shape index (κ3) is 5.58. The van der Waals surface area contributed by atoms with Gasteiger partial charge in [-0.1, -0.05) is 48.5 Å². The van der Waals surface area contributed by atoms with Crippen LogP contribution in [-0.2, 0) is 10.0 Å². The van der Waals surface area contributed by atoms with Crippen LogP contribution in [-0.4, -0.2) is 27.7 Å². The summed E-state index contributed by atoms with van der Waals surface area (Å²) in [5.74, 6) is 0.415. The van der Waals surface area contributed by atoms with Crippen LogP contribution in [0.5, 0.6) is 5.75 Å². The van der Waals surface area contributed by atoms with Gasteiger partial charge in [0.2, 0.25) is 10.0 Å². The molecule has 0 fully saturated rings. The minimum absolute atomic E-state index is 0.313. The predicted octanol–water partition coefficient (Wildman–Crippen LogP) is 3.59. The van der Waals surface area contributed by atoms with Gasteiger partial charge >= 0.3 is 0 Å². The average Bonchev–Trinajstić information content (AvgIpc) is 2.71. The molecule has 0 aliphatic heterocycles. The zero-order valence-corrected chi connectivity index (χ0v) is 16.9. The fourth-order valence-corrected chi connectivity index (χ4v) is 3.51. The summed E-state index contributed by atoms with van der Waals surface area (Å²) in [6.45, 7) is 0. The highest BCUT2D eigenvalue weighted by Gasteiger charge is 2.18. The molecule has 150 valence electrons. The third-order valence-corrected chi connectivity index (χ3v) is 4.89. The van der Waals surface area contributed by atoms with Gasteiger partial charge in [0, 0.05) is 11.3 Å².